The molecule has 0 atom stereocenters. The minimum absolute atomic E-state index is 0.249. The molecule has 2 rings (SSSR count). The van der Waals surface area contributed by atoms with Gasteiger partial charge in [-0.15, -0.1) is 0 Å². The normalized spacial score (nSPS) is 18.9. The minimum atomic E-state index is -0.249. The van der Waals surface area contributed by atoms with Crippen LogP contribution < -0.4 is 21.3 Å². The Bertz CT molecular complexity index is 465. The molecule has 0 saturated carbocycles. The van der Waals surface area contributed by atoms with Crippen LogP contribution in [0.3, 0.4) is 0 Å². The van der Waals surface area contributed by atoms with Crippen LogP contribution in [0, 0.1) is 0 Å². The van der Waals surface area contributed by atoms with Gasteiger partial charge in [-0.25, -0.2) is 4.98 Å². The SMILES string of the molecule is O=C1NCCCNCCNCCCNC(=O)c2cccc1n2. The number of fused-ring (bicyclic) bond motifs is 2. The number of carbonyl (C=O) groups is 2. The van der Waals surface area contributed by atoms with Crippen LogP contribution in [0.2, 0.25) is 0 Å². The Morgan fingerprint density at radius 3 is 1.73 bits per heavy atom. The molecule has 7 nitrogen and oxygen atoms in total. The van der Waals surface area contributed by atoms with E-state index in [4.69, 9.17) is 0 Å². The number of amides is 2. The summed E-state index contributed by atoms with van der Waals surface area (Å²) < 4.78 is 0. The average Bonchev–Trinajstić information content (AvgIpc) is 2.55. The third kappa shape index (κ3) is 5.42. The molecule has 2 heterocycles. The van der Waals surface area contributed by atoms with E-state index in [-0.39, 0.29) is 23.2 Å². The Kier molecular flexibility index (Phi) is 6.79. The van der Waals surface area contributed by atoms with E-state index < -0.39 is 0 Å². The van der Waals surface area contributed by atoms with Crippen molar-refractivity contribution in [2.45, 2.75) is 12.8 Å². The highest BCUT2D eigenvalue weighted by molar-refractivity contribution is 5.96. The van der Waals surface area contributed by atoms with E-state index >= 15 is 0 Å². The summed E-state index contributed by atoms with van der Waals surface area (Å²) in [6.45, 7) is 4.66. The molecular weight excluding hydrogens is 282 g/mol. The van der Waals surface area contributed by atoms with Gasteiger partial charge in [0.25, 0.3) is 11.8 Å². The molecular formula is C15H23N5O2. The molecule has 7 heteroatoms. The van der Waals surface area contributed by atoms with E-state index in [1.54, 1.807) is 18.2 Å². The molecule has 0 aliphatic carbocycles. The molecule has 0 unspecified atom stereocenters. The number of carbonyl (C=O) groups excluding carboxylic acids is 2. The number of pyridine rings is 1. The molecule has 0 spiro atoms. The van der Waals surface area contributed by atoms with Crippen molar-refractivity contribution in [3.8, 4) is 0 Å². The summed E-state index contributed by atoms with van der Waals surface area (Å²) >= 11 is 0. The number of hydrogen-bond donors (Lipinski definition) is 4. The maximum atomic E-state index is 12.0. The first-order valence-corrected chi connectivity index (χ1v) is 7.72. The molecule has 1 aromatic rings. The predicted molar refractivity (Wildman–Crippen MR) is 83.9 cm³/mol. The van der Waals surface area contributed by atoms with Crippen LogP contribution in [-0.4, -0.2) is 56.1 Å². The minimum Gasteiger partial charge on any atom is -0.351 e. The third-order valence-electron chi connectivity index (χ3n) is 3.32. The summed E-state index contributed by atoms with van der Waals surface area (Å²) in [5, 5.41) is 12.2. The highest BCUT2D eigenvalue weighted by atomic mass is 16.2. The van der Waals surface area contributed by atoms with E-state index in [1.807, 2.05) is 0 Å². The number of nitrogens with one attached hydrogen (secondary N) is 4. The molecule has 22 heavy (non-hydrogen) atoms. The summed E-state index contributed by atoms with van der Waals surface area (Å²) in [6.07, 6.45) is 1.71. The molecule has 1 aliphatic heterocycles. The number of rotatable bonds is 0. The molecule has 2 bridgehead atoms. The number of hydrogen-bond acceptors (Lipinski definition) is 5. The van der Waals surface area contributed by atoms with E-state index in [0.717, 1.165) is 39.0 Å². The van der Waals surface area contributed by atoms with Crippen molar-refractivity contribution >= 4 is 11.8 Å². The first-order valence-electron chi connectivity index (χ1n) is 7.72. The zero-order valence-electron chi connectivity index (χ0n) is 12.7. The van der Waals surface area contributed by atoms with E-state index in [0.29, 0.717) is 13.1 Å². The number of nitrogens with zero attached hydrogens (tertiary/aromatic N) is 1. The maximum Gasteiger partial charge on any atom is 0.269 e. The van der Waals surface area contributed by atoms with E-state index in [2.05, 4.69) is 26.3 Å². The van der Waals surface area contributed by atoms with Crippen molar-refractivity contribution in [3.05, 3.63) is 29.6 Å². The Labute approximate surface area is 130 Å². The quantitative estimate of drug-likeness (QED) is 0.519. The zero-order valence-corrected chi connectivity index (χ0v) is 12.7. The van der Waals surface area contributed by atoms with Crippen LogP contribution in [0.25, 0.3) is 0 Å². The van der Waals surface area contributed by atoms with Gasteiger partial charge in [0.1, 0.15) is 11.4 Å². The first-order chi connectivity index (χ1) is 10.8. The summed E-state index contributed by atoms with van der Waals surface area (Å²) in [6, 6.07) is 4.90. The van der Waals surface area contributed by atoms with Crippen molar-refractivity contribution in [1.29, 1.82) is 0 Å². The van der Waals surface area contributed by atoms with Crippen LogP contribution in [-0.2, 0) is 0 Å². The maximum absolute atomic E-state index is 12.0. The molecule has 0 fully saturated rings. The van der Waals surface area contributed by atoms with Crippen LogP contribution >= 0.6 is 0 Å². The van der Waals surface area contributed by atoms with Crippen LogP contribution in [0.4, 0.5) is 0 Å². The van der Waals surface area contributed by atoms with Gasteiger partial charge in [-0.1, -0.05) is 6.07 Å². The Morgan fingerprint density at radius 1 is 0.727 bits per heavy atom. The lowest BCUT2D eigenvalue weighted by Gasteiger charge is -2.07. The fraction of sp³-hybridized carbons (Fsp3) is 0.533. The molecule has 4 N–H and O–H groups in total. The fourth-order valence-corrected chi connectivity index (χ4v) is 2.13. The van der Waals surface area contributed by atoms with E-state index in [9.17, 15) is 9.59 Å². The van der Waals surface area contributed by atoms with E-state index in [1.165, 1.54) is 0 Å². The lowest BCUT2D eigenvalue weighted by atomic mass is 10.2. The van der Waals surface area contributed by atoms with Gasteiger partial charge >= 0.3 is 0 Å². The van der Waals surface area contributed by atoms with Crippen molar-refractivity contribution in [2.75, 3.05) is 39.3 Å². The van der Waals surface area contributed by atoms with Crippen LogP contribution in [0.1, 0.15) is 33.8 Å². The predicted octanol–water partition coefficient (Wildman–Crippen LogP) is -0.486. The largest absolute Gasteiger partial charge is 0.351 e. The van der Waals surface area contributed by atoms with Crippen molar-refractivity contribution in [2.24, 2.45) is 0 Å². The Hall–Kier alpha value is -1.99. The molecule has 1 aliphatic rings. The highest BCUT2D eigenvalue weighted by Crippen LogP contribution is 2.00. The smallest absolute Gasteiger partial charge is 0.269 e. The van der Waals surface area contributed by atoms with Crippen LogP contribution in [0.15, 0.2) is 18.2 Å². The van der Waals surface area contributed by atoms with Gasteiger partial charge in [-0.2, -0.15) is 0 Å². The van der Waals surface area contributed by atoms with Gasteiger partial charge in [0.05, 0.1) is 0 Å². The second kappa shape index (κ2) is 9.11. The average molecular weight is 305 g/mol. The lowest BCUT2D eigenvalue weighted by molar-refractivity contribution is 0.0944. The first kappa shape index (κ1) is 16.4. The van der Waals surface area contributed by atoms with Crippen LogP contribution in [0.5, 0.6) is 0 Å². The summed E-state index contributed by atoms with van der Waals surface area (Å²) in [4.78, 5) is 28.1. The lowest BCUT2D eigenvalue weighted by Crippen LogP contribution is -2.31. The molecule has 0 radical (unpaired) electrons. The van der Waals surface area contributed by atoms with Gasteiger partial charge in [-0.05, 0) is 38.1 Å². The van der Waals surface area contributed by atoms with Crippen molar-refractivity contribution in [3.63, 3.8) is 0 Å². The van der Waals surface area contributed by atoms with Gasteiger partial charge in [0.15, 0.2) is 0 Å². The molecule has 120 valence electrons. The summed E-state index contributed by atoms with van der Waals surface area (Å²) in [5.41, 5.74) is 0.540. The molecule has 1 aromatic heterocycles. The number of aromatic nitrogens is 1. The topological polar surface area (TPSA) is 95.1 Å². The summed E-state index contributed by atoms with van der Waals surface area (Å²) in [7, 11) is 0. The fourth-order valence-electron chi connectivity index (χ4n) is 2.13. The second-order valence-electron chi connectivity index (χ2n) is 5.13. The van der Waals surface area contributed by atoms with Gasteiger partial charge in [0.2, 0.25) is 0 Å². The van der Waals surface area contributed by atoms with Gasteiger partial charge < -0.3 is 21.3 Å². The third-order valence-corrected chi connectivity index (χ3v) is 3.32. The Morgan fingerprint density at radius 2 is 1.23 bits per heavy atom. The molecule has 0 aromatic carbocycles. The standard InChI is InChI=1S/C15H23N5O2/c21-14-12-4-1-5-13(20-12)15(22)19-9-3-7-17-11-10-16-6-2-8-18-14/h1,4-5,16-17H,2-3,6-11H2,(H,18,21)(H,19,22). The Balaban J connectivity index is 1.99. The highest BCUT2D eigenvalue weighted by Gasteiger charge is 2.11. The van der Waals surface area contributed by atoms with Crippen molar-refractivity contribution < 1.29 is 9.59 Å². The summed E-state index contributed by atoms with van der Waals surface area (Å²) in [5.74, 6) is -0.499. The monoisotopic (exact) mass is 305 g/mol. The zero-order chi connectivity index (χ0) is 15.6. The van der Waals surface area contributed by atoms with Gasteiger partial charge in [0, 0.05) is 26.2 Å². The molecule has 0 saturated heterocycles. The van der Waals surface area contributed by atoms with Crippen molar-refractivity contribution in [1.82, 2.24) is 26.3 Å². The second-order valence-corrected chi connectivity index (χ2v) is 5.13. The molecule has 2 amide bonds. The van der Waals surface area contributed by atoms with Gasteiger partial charge in [-0.3, -0.25) is 9.59 Å².